The zero-order valence-corrected chi connectivity index (χ0v) is 14.1. The van der Waals surface area contributed by atoms with E-state index in [0.29, 0.717) is 30.3 Å². The van der Waals surface area contributed by atoms with Crippen LogP contribution < -0.4 is 0 Å². The largest absolute Gasteiger partial charge is 0.342 e. The van der Waals surface area contributed by atoms with Gasteiger partial charge in [0.1, 0.15) is 0 Å². The van der Waals surface area contributed by atoms with Crippen LogP contribution in [0.3, 0.4) is 0 Å². The van der Waals surface area contributed by atoms with Crippen LogP contribution in [-0.2, 0) is 9.59 Å². The van der Waals surface area contributed by atoms with Gasteiger partial charge in [0, 0.05) is 31.6 Å². The molecule has 1 saturated carbocycles. The van der Waals surface area contributed by atoms with Gasteiger partial charge in [0.2, 0.25) is 11.8 Å². The predicted molar refractivity (Wildman–Crippen MR) is 86.2 cm³/mol. The normalized spacial score (nSPS) is 33.5. The number of carbonyl (C=O) groups is 2. The number of hydrogen-bond acceptors (Lipinski definition) is 2. The molecule has 4 nitrogen and oxygen atoms in total. The summed E-state index contributed by atoms with van der Waals surface area (Å²) in [6.45, 7) is 6.85. The summed E-state index contributed by atoms with van der Waals surface area (Å²) in [5, 5.41) is 0. The lowest BCUT2D eigenvalue weighted by Crippen LogP contribution is -2.49. The first-order chi connectivity index (χ1) is 10.6. The molecule has 4 heteroatoms. The van der Waals surface area contributed by atoms with Crippen LogP contribution in [0.4, 0.5) is 0 Å². The molecule has 0 spiro atoms. The fourth-order valence-corrected chi connectivity index (χ4v) is 4.03. The lowest BCUT2D eigenvalue weighted by atomic mass is 9.95. The number of likely N-dealkylation sites (tertiary alicyclic amines) is 2. The van der Waals surface area contributed by atoms with Crippen molar-refractivity contribution < 1.29 is 9.59 Å². The van der Waals surface area contributed by atoms with Gasteiger partial charge in [-0.3, -0.25) is 9.59 Å². The van der Waals surface area contributed by atoms with Crippen molar-refractivity contribution >= 4 is 11.8 Å². The molecule has 124 valence electrons. The molecule has 0 N–H and O–H groups in total. The maximum Gasteiger partial charge on any atom is 0.227 e. The molecule has 2 heterocycles. The molecular weight excluding hydrogens is 276 g/mol. The highest BCUT2D eigenvalue weighted by molar-refractivity contribution is 5.83. The van der Waals surface area contributed by atoms with Gasteiger partial charge in [0.15, 0.2) is 0 Å². The van der Waals surface area contributed by atoms with E-state index in [4.69, 9.17) is 0 Å². The molecule has 0 aromatic carbocycles. The zero-order chi connectivity index (χ0) is 15.7. The van der Waals surface area contributed by atoms with Gasteiger partial charge in [-0.2, -0.15) is 0 Å². The second-order valence-electron chi connectivity index (χ2n) is 7.77. The van der Waals surface area contributed by atoms with Gasteiger partial charge in [-0.25, -0.2) is 0 Å². The summed E-state index contributed by atoms with van der Waals surface area (Å²) in [6.07, 6.45) is 7.60. The summed E-state index contributed by atoms with van der Waals surface area (Å²) in [5.74, 6) is 1.50. The Labute approximate surface area is 134 Å². The second-order valence-corrected chi connectivity index (χ2v) is 7.77. The van der Waals surface area contributed by atoms with Crippen LogP contribution in [0.1, 0.15) is 58.8 Å². The summed E-state index contributed by atoms with van der Waals surface area (Å²) >= 11 is 0. The number of nitrogens with zero attached hydrogens (tertiary/aromatic N) is 2. The van der Waals surface area contributed by atoms with Gasteiger partial charge in [-0.05, 0) is 51.4 Å². The van der Waals surface area contributed by atoms with Crippen LogP contribution in [0.25, 0.3) is 0 Å². The topological polar surface area (TPSA) is 40.6 Å². The molecule has 2 aliphatic heterocycles. The van der Waals surface area contributed by atoms with Crippen LogP contribution >= 0.6 is 0 Å². The molecule has 3 rings (SSSR count). The fourth-order valence-electron chi connectivity index (χ4n) is 4.03. The molecule has 3 aliphatic rings. The van der Waals surface area contributed by atoms with Crippen molar-refractivity contribution in [2.75, 3.05) is 19.6 Å². The predicted octanol–water partition coefficient (Wildman–Crippen LogP) is 2.67. The van der Waals surface area contributed by atoms with Crippen molar-refractivity contribution in [3.63, 3.8) is 0 Å². The Balaban J connectivity index is 1.63. The van der Waals surface area contributed by atoms with E-state index in [0.717, 1.165) is 45.2 Å². The second kappa shape index (κ2) is 6.59. The Bertz CT molecular complexity index is 433. The molecule has 2 saturated heterocycles. The molecule has 1 aliphatic carbocycles. The van der Waals surface area contributed by atoms with E-state index in [2.05, 4.69) is 18.7 Å². The average molecular weight is 306 g/mol. The summed E-state index contributed by atoms with van der Waals surface area (Å²) < 4.78 is 0. The van der Waals surface area contributed by atoms with Crippen LogP contribution in [-0.4, -0.2) is 47.3 Å². The van der Waals surface area contributed by atoms with E-state index in [9.17, 15) is 9.59 Å². The fraction of sp³-hybridized carbons (Fsp3) is 0.889. The molecule has 3 atom stereocenters. The molecule has 0 bridgehead atoms. The highest BCUT2D eigenvalue weighted by atomic mass is 16.2. The molecule has 22 heavy (non-hydrogen) atoms. The Morgan fingerprint density at radius 2 is 1.59 bits per heavy atom. The molecule has 0 aromatic rings. The van der Waals surface area contributed by atoms with E-state index in [1.807, 2.05) is 4.90 Å². The number of hydrogen-bond donors (Lipinski definition) is 0. The minimum atomic E-state index is 0.0317. The van der Waals surface area contributed by atoms with Gasteiger partial charge in [0.05, 0.1) is 5.92 Å². The summed E-state index contributed by atoms with van der Waals surface area (Å²) in [7, 11) is 0. The molecular formula is C18H30N2O2. The first-order valence-corrected chi connectivity index (χ1v) is 9.15. The van der Waals surface area contributed by atoms with E-state index in [-0.39, 0.29) is 11.8 Å². The first kappa shape index (κ1) is 15.8. The molecule has 0 unspecified atom stereocenters. The van der Waals surface area contributed by atoms with Crippen LogP contribution in [0.15, 0.2) is 0 Å². The highest BCUT2D eigenvalue weighted by Gasteiger charge is 2.38. The Morgan fingerprint density at radius 1 is 0.818 bits per heavy atom. The lowest BCUT2D eigenvalue weighted by Gasteiger charge is -2.37. The maximum atomic E-state index is 13.0. The van der Waals surface area contributed by atoms with Crippen LogP contribution in [0, 0.1) is 17.8 Å². The van der Waals surface area contributed by atoms with Crippen molar-refractivity contribution in [3.8, 4) is 0 Å². The third-order valence-electron chi connectivity index (χ3n) is 5.65. The zero-order valence-electron chi connectivity index (χ0n) is 14.1. The Hall–Kier alpha value is -1.06. The highest BCUT2D eigenvalue weighted by Crippen LogP contribution is 2.33. The molecule has 0 aromatic heterocycles. The van der Waals surface area contributed by atoms with Gasteiger partial charge in [-0.15, -0.1) is 0 Å². The van der Waals surface area contributed by atoms with Gasteiger partial charge in [-0.1, -0.05) is 13.3 Å². The van der Waals surface area contributed by atoms with Crippen LogP contribution in [0.5, 0.6) is 0 Å². The summed E-state index contributed by atoms with van der Waals surface area (Å²) in [4.78, 5) is 29.4. The van der Waals surface area contributed by atoms with E-state index in [1.165, 1.54) is 12.8 Å². The summed E-state index contributed by atoms with van der Waals surface area (Å²) in [5.41, 5.74) is 0. The van der Waals surface area contributed by atoms with Crippen molar-refractivity contribution in [3.05, 3.63) is 0 Å². The standard InChI is InChI=1S/C18H30N2O2/c1-13-5-3-6-14(2)20(11-13)18(22)16-7-4-10-19(12-16)17(21)15-8-9-15/h13-16H,3-12H2,1-2H3/t13-,14+,16-/m1/s1. The smallest absolute Gasteiger partial charge is 0.227 e. The quantitative estimate of drug-likeness (QED) is 0.787. The van der Waals surface area contributed by atoms with E-state index >= 15 is 0 Å². The monoisotopic (exact) mass is 306 g/mol. The summed E-state index contributed by atoms with van der Waals surface area (Å²) in [6, 6.07) is 0.354. The molecule has 3 fully saturated rings. The number of rotatable bonds is 2. The average Bonchev–Trinajstić information content (AvgIpc) is 3.36. The van der Waals surface area contributed by atoms with Crippen molar-refractivity contribution in [1.29, 1.82) is 0 Å². The van der Waals surface area contributed by atoms with E-state index in [1.54, 1.807) is 0 Å². The Kier molecular flexibility index (Phi) is 4.74. The Morgan fingerprint density at radius 3 is 2.32 bits per heavy atom. The minimum Gasteiger partial charge on any atom is -0.342 e. The van der Waals surface area contributed by atoms with Crippen molar-refractivity contribution in [1.82, 2.24) is 9.80 Å². The number of amides is 2. The van der Waals surface area contributed by atoms with Crippen molar-refractivity contribution in [2.45, 2.75) is 64.8 Å². The lowest BCUT2D eigenvalue weighted by molar-refractivity contribution is -0.143. The third kappa shape index (κ3) is 3.47. The van der Waals surface area contributed by atoms with Crippen LogP contribution in [0.2, 0.25) is 0 Å². The SMILES string of the molecule is C[C@@H]1CCC[C@H](C)N(C(=O)[C@@H]2CCCN(C(=O)C3CC3)C2)C1. The molecule has 0 radical (unpaired) electrons. The van der Waals surface area contributed by atoms with Gasteiger partial charge < -0.3 is 9.80 Å². The van der Waals surface area contributed by atoms with E-state index < -0.39 is 0 Å². The third-order valence-corrected chi connectivity index (χ3v) is 5.65. The maximum absolute atomic E-state index is 13.0. The number of carbonyl (C=O) groups excluding carboxylic acids is 2. The minimum absolute atomic E-state index is 0.0317. The van der Waals surface area contributed by atoms with Crippen molar-refractivity contribution in [2.24, 2.45) is 17.8 Å². The molecule has 2 amide bonds. The van der Waals surface area contributed by atoms with Gasteiger partial charge in [0.25, 0.3) is 0 Å². The van der Waals surface area contributed by atoms with Gasteiger partial charge >= 0.3 is 0 Å². The number of piperidine rings is 1. The first-order valence-electron chi connectivity index (χ1n) is 9.15.